The number of likely N-dealkylation sites (N-methyl/N-ethyl adjacent to an activating group) is 1. The molecule has 0 radical (unpaired) electrons. The van der Waals surface area contributed by atoms with Gasteiger partial charge in [-0.3, -0.25) is 9.69 Å². The number of rotatable bonds is 5. The summed E-state index contributed by atoms with van der Waals surface area (Å²) in [5.41, 5.74) is 3.28. The molecule has 0 bridgehead atoms. The maximum absolute atomic E-state index is 12.2. The summed E-state index contributed by atoms with van der Waals surface area (Å²) in [5.74, 6) is 0.782. The molecule has 5 heteroatoms. The molecule has 4 nitrogen and oxygen atoms in total. The molecule has 1 amide bonds. The van der Waals surface area contributed by atoms with Crippen LogP contribution in [0.3, 0.4) is 0 Å². The number of benzene rings is 1. The molecule has 22 heavy (non-hydrogen) atoms. The summed E-state index contributed by atoms with van der Waals surface area (Å²) in [5, 5.41) is 6.40. The fourth-order valence-corrected chi connectivity index (χ4v) is 2.89. The van der Waals surface area contributed by atoms with Crippen LogP contribution < -0.4 is 10.6 Å². The van der Waals surface area contributed by atoms with Gasteiger partial charge in [-0.25, -0.2) is 0 Å². The third-order valence-corrected chi connectivity index (χ3v) is 4.32. The second kappa shape index (κ2) is 9.13. The SMILES string of the molecule is Cc1cccc(NC(=O)CN(C)CC2CCNCC2)c1C.Cl. The van der Waals surface area contributed by atoms with Gasteiger partial charge in [-0.05, 0) is 69.9 Å². The Bertz CT molecular complexity index is 487. The van der Waals surface area contributed by atoms with E-state index in [1.807, 2.05) is 26.1 Å². The minimum Gasteiger partial charge on any atom is -0.325 e. The van der Waals surface area contributed by atoms with Gasteiger partial charge < -0.3 is 10.6 Å². The first kappa shape index (κ1) is 18.9. The summed E-state index contributed by atoms with van der Waals surface area (Å²) >= 11 is 0. The molecule has 1 fully saturated rings. The fourth-order valence-electron chi connectivity index (χ4n) is 2.89. The van der Waals surface area contributed by atoms with Crippen molar-refractivity contribution in [2.75, 3.05) is 38.5 Å². The third-order valence-electron chi connectivity index (χ3n) is 4.32. The summed E-state index contributed by atoms with van der Waals surface area (Å²) in [4.78, 5) is 14.3. The zero-order valence-electron chi connectivity index (χ0n) is 13.8. The molecule has 1 aromatic rings. The Hall–Kier alpha value is -1.10. The highest BCUT2D eigenvalue weighted by Crippen LogP contribution is 2.18. The number of carbonyl (C=O) groups is 1. The van der Waals surface area contributed by atoms with Gasteiger partial charge in [0.15, 0.2) is 0 Å². The van der Waals surface area contributed by atoms with E-state index in [0.29, 0.717) is 12.5 Å². The monoisotopic (exact) mass is 325 g/mol. The second-order valence-corrected chi connectivity index (χ2v) is 6.19. The van der Waals surface area contributed by atoms with Crippen molar-refractivity contribution in [1.82, 2.24) is 10.2 Å². The van der Waals surface area contributed by atoms with Gasteiger partial charge in [0, 0.05) is 12.2 Å². The molecule has 0 unspecified atom stereocenters. The van der Waals surface area contributed by atoms with Crippen LogP contribution >= 0.6 is 12.4 Å². The van der Waals surface area contributed by atoms with Crippen LogP contribution in [0.2, 0.25) is 0 Å². The van der Waals surface area contributed by atoms with Crippen LogP contribution in [0.25, 0.3) is 0 Å². The number of aryl methyl sites for hydroxylation is 1. The maximum Gasteiger partial charge on any atom is 0.238 e. The zero-order valence-corrected chi connectivity index (χ0v) is 14.6. The third kappa shape index (κ3) is 5.59. The molecule has 124 valence electrons. The minimum absolute atomic E-state index is 0. The predicted molar refractivity (Wildman–Crippen MR) is 94.9 cm³/mol. The van der Waals surface area contributed by atoms with Crippen molar-refractivity contribution in [1.29, 1.82) is 0 Å². The summed E-state index contributed by atoms with van der Waals surface area (Å²) in [6.07, 6.45) is 2.42. The normalized spacial score (nSPS) is 15.5. The van der Waals surface area contributed by atoms with Gasteiger partial charge in [0.2, 0.25) is 5.91 Å². The molecular formula is C17H28ClN3O. The van der Waals surface area contributed by atoms with Gasteiger partial charge in [0.25, 0.3) is 0 Å². The van der Waals surface area contributed by atoms with Gasteiger partial charge >= 0.3 is 0 Å². The molecule has 1 aliphatic rings. The number of amides is 1. The summed E-state index contributed by atoms with van der Waals surface area (Å²) in [7, 11) is 2.03. The molecule has 2 rings (SSSR count). The lowest BCUT2D eigenvalue weighted by Crippen LogP contribution is -2.37. The van der Waals surface area contributed by atoms with Gasteiger partial charge in [-0.2, -0.15) is 0 Å². The van der Waals surface area contributed by atoms with E-state index >= 15 is 0 Å². The smallest absolute Gasteiger partial charge is 0.238 e. The molecule has 2 N–H and O–H groups in total. The summed E-state index contributed by atoms with van der Waals surface area (Å²) in [6, 6.07) is 6.01. The molecule has 1 saturated heterocycles. The highest BCUT2D eigenvalue weighted by molar-refractivity contribution is 5.93. The van der Waals surface area contributed by atoms with E-state index in [2.05, 4.69) is 28.5 Å². The highest BCUT2D eigenvalue weighted by Gasteiger charge is 2.16. The number of anilines is 1. The molecule has 0 spiro atoms. The average molecular weight is 326 g/mol. The molecule has 0 saturated carbocycles. The lowest BCUT2D eigenvalue weighted by atomic mass is 9.98. The van der Waals surface area contributed by atoms with Crippen LogP contribution in [0, 0.1) is 19.8 Å². The van der Waals surface area contributed by atoms with Crippen LogP contribution in [-0.2, 0) is 4.79 Å². The van der Waals surface area contributed by atoms with Gasteiger partial charge in [0.1, 0.15) is 0 Å². The molecule has 1 aliphatic heterocycles. The number of hydrogen-bond donors (Lipinski definition) is 2. The van der Waals surface area contributed by atoms with E-state index in [1.165, 1.54) is 18.4 Å². The number of halogens is 1. The van der Waals surface area contributed by atoms with Gasteiger partial charge in [0.05, 0.1) is 6.54 Å². The molecule has 1 heterocycles. The summed E-state index contributed by atoms with van der Waals surface area (Å²) in [6.45, 7) is 7.78. The number of nitrogens with one attached hydrogen (secondary N) is 2. The molecule has 1 aromatic carbocycles. The highest BCUT2D eigenvalue weighted by atomic mass is 35.5. The Labute approximate surface area is 140 Å². The van der Waals surface area contributed by atoms with Crippen LogP contribution in [0.4, 0.5) is 5.69 Å². The predicted octanol–water partition coefficient (Wildman–Crippen LogP) is 2.60. The Balaban J connectivity index is 0.00000242. The van der Waals surface area contributed by atoms with Gasteiger partial charge in [-0.15, -0.1) is 12.4 Å². The van der Waals surface area contributed by atoms with Gasteiger partial charge in [-0.1, -0.05) is 12.1 Å². The topological polar surface area (TPSA) is 44.4 Å². The average Bonchev–Trinajstić information content (AvgIpc) is 2.44. The van der Waals surface area contributed by atoms with Crippen LogP contribution in [0.5, 0.6) is 0 Å². The Morgan fingerprint density at radius 1 is 1.32 bits per heavy atom. The second-order valence-electron chi connectivity index (χ2n) is 6.19. The van der Waals surface area contributed by atoms with E-state index in [4.69, 9.17) is 0 Å². The molecule has 0 aliphatic carbocycles. The van der Waals surface area contributed by atoms with E-state index < -0.39 is 0 Å². The van der Waals surface area contributed by atoms with E-state index in [9.17, 15) is 4.79 Å². The number of hydrogen-bond acceptors (Lipinski definition) is 3. The van der Waals surface area contributed by atoms with E-state index in [-0.39, 0.29) is 18.3 Å². The van der Waals surface area contributed by atoms with Crippen molar-refractivity contribution in [3.8, 4) is 0 Å². The lowest BCUT2D eigenvalue weighted by Gasteiger charge is -2.27. The lowest BCUT2D eigenvalue weighted by molar-refractivity contribution is -0.117. The Kier molecular flexibility index (Phi) is 7.87. The standard InChI is InChI=1S/C17H27N3O.ClH/c1-13-5-4-6-16(14(13)2)19-17(21)12-20(3)11-15-7-9-18-10-8-15;/h4-6,15,18H,7-12H2,1-3H3,(H,19,21);1H. The van der Waals surface area contributed by atoms with Crippen LogP contribution in [0.1, 0.15) is 24.0 Å². The van der Waals surface area contributed by atoms with Crippen molar-refractivity contribution in [2.24, 2.45) is 5.92 Å². The van der Waals surface area contributed by atoms with Crippen molar-refractivity contribution in [3.05, 3.63) is 29.3 Å². The minimum atomic E-state index is 0. The molecule has 0 atom stereocenters. The van der Waals surface area contributed by atoms with Crippen molar-refractivity contribution >= 4 is 24.0 Å². The quantitative estimate of drug-likeness (QED) is 0.874. The first-order chi connectivity index (χ1) is 10.1. The van der Waals surface area contributed by atoms with Crippen molar-refractivity contribution in [3.63, 3.8) is 0 Å². The van der Waals surface area contributed by atoms with Crippen molar-refractivity contribution in [2.45, 2.75) is 26.7 Å². The molecule has 0 aromatic heterocycles. The Morgan fingerprint density at radius 2 is 2.00 bits per heavy atom. The number of nitrogens with zero attached hydrogens (tertiary/aromatic N) is 1. The Morgan fingerprint density at radius 3 is 2.68 bits per heavy atom. The fraction of sp³-hybridized carbons (Fsp3) is 0.588. The molecular weight excluding hydrogens is 298 g/mol. The van der Waals surface area contributed by atoms with Crippen LogP contribution in [0.15, 0.2) is 18.2 Å². The van der Waals surface area contributed by atoms with E-state index in [0.717, 1.165) is 30.9 Å². The number of piperidine rings is 1. The van der Waals surface area contributed by atoms with Crippen LogP contribution in [-0.4, -0.2) is 44.0 Å². The summed E-state index contributed by atoms with van der Waals surface area (Å²) < 4.78 is 0. The van der Waals surface area contributed by atoms with Crippen molar-refractivity contribution < 1.29 is 4.79 Å². The zero-order chi connectivity index (χ0) is 15.2. The number of carbonyl (C=O) groups excluding carboxylic acids is 1. The van der Waals surface area contributed by atoms with E-state index in [1.54, 1.807) is 0 Å². The first-order valence-electron chi connectivity index (χ1n) is 7.81. The maximum atomic E-state index is 12.2. The largest absolute Gasteiger partial charge is 0.325 e. The first-order valence-corrected chi connectivity index (χ1v) is 7.81.